The summed E-state index contributed by atoms with van der Waals surface area (Å²) in [6.45, 7) is 2.26. The van der Waals surface area contributed by atoms with Gasteiger partial charge in [0, 0.05) is 11.1 Å². The minimum atomic E-state index is -3.69. The molecule has 3 aromatic carbocycles. The number of benzene rings is 3. The lowest BCUT2D eigenvalue weighted by atomic mass is 10.1. The molecule has 0 saturated carbocycles. The lowest BCUT2D eigenvalue weighted by molar-refractivity contribution is -0.287. The highest BCUT2D eigenvalue weighted by Crippen LogP contribution is 2.46. The van der Waals surface area contributed by atoms with E-state index in [-0.39, 0.29) is 30.4 Å². The summed E-state index contributed by atoms with van der Waals surface area (Å²) in [7, 11) is 0. The van der Waals surface area contributed by atoms with Gasteiger partial charge in [-0.05, 0) is 36.8 Å². The van der Waals surface area contributed by atoms with E-state index in [0.29, 0.717) is 11.3 Å². The molecule has 3 aromatic rings. The van der Waals surface area contributed by atoms with Crippen LogP contribution in [0, 0.1) is 12.7 Å². The number of rotatable bonds is 1. The molecule has 8 heteroatoms. The Bertz CT molecular complexity index is 1060. The normalized spacial score (nSPS) is 18.8. The molecule has 0 fully saturated rings. The smallest absolute Gasteiger partial charge is 0.484 e. The topological polar surface area (TPSA) is 51.2 Å². The number of para-hydroxylation sites is 2. The largest absolute Gasteiger partial charge is 0.586 e. The van der Waals surface area contributed by atoms with Gasteiger partial charge in [-0.25, -0.2) is 4.39 Å². The van der Waals surface area contributed by atoms with Gasteiger partial charge in [-0.15, -0.1) is 8.78 Å². The molecule has 2 aliphatic heterocycles. The van der Waals surface area contributed by atoms with E-state index in [4.69, 9.17) is 4.74 Å². The second kappa shape index (κ2) is 8.49. The summed E-state index contributed by atoms with van der Waals surface area (Å²) in [6.07, 6.45) is -4.36. The molecule has 5 rings (SSSR count). The van der Waals surface area contributed by atoms with Crippen molar-refractivity contribution in [3.8, 4) is 17.2 Å². The maximum atomic E-state index is 13.3. The molecule has 0 saturated heterocycles. The Morgan fingerprint density at radius 1 is 0.968 bits per heavy atom. The zero-order valence-corrected chi connectivity index (χ0v) is 16.6. The van der Waals surface area contributed by atoms with Crippen LogP contribution >= 0.6 is 0 Å². The van der Waals surface area contributed by atoms with Gasteiger partial charge in [0.1, 0.15) is 17.7 Å². The molecular formula is C23H20F3NO4. The number of ether oxygens (including phenoxy) is 3. The molecule has 0 aliphatic carbocycles. The van der Waals surface area contributed by atoms with Crippen molar-refractivity contribution in [2.24, 2.45) is 0 Å². The molecule has 2 heterocycles. The van der Waals surface area contributed by atoms with Gasteiger partial charge < -0.3 is 19.4 Å². The van der Waals surface area contributed by atoms with Gasteiger partial charge in [-0.2, -0.15) is 5.06 Å². The zero-order valence-electron chi connectivity index (χ0n) is 16.6. The van der Waals surface area contributed by atoms with Crippen molar-refractivity contribution in [3.63, 3.8) is 0 Å². The minimum Gasteiger partial charge on any atom is -0.484 e. The fourth-order valence-electron chi connectivity index (χ4n) is 3.40. The number of halogens is 3. The van der Waals surface area contributed by atoms with Gasteiger partial charge in [0.15, 0.2) is 11.5 Å². The Kier molecular flexibility index (Phi) is 5.75. The van der Waals surface area contributed by atoms with Crippen molar-refractivity contribution in [3.05, 3.63) is 89.2 Å². The molecule has 0 spiro atoms. The summed E-state index contributed by atoms with van der Waals surface area (Å²) in [6, 6.07) is 18.4. The van der Waals surface area contributed by atoms with Gasteiger partial charge in [0.2, 0.25) is 0 Å². The number of alkyl halides is 2. The minimum absolute atomic E-state index is 0.0434. The van der Waals surface area contributed by atoms with Crippen LogP contribution in [-0.4, -0.2) is 23.1 Å². The molecule has 1 N–H and O–H groups in total. The second-order valence-corrected chi connectivity index (χ2v) is 7.20. The molecule has 0 radical (unpaired) electrons. The molecule has 31 heavy (non-hydrogen) atoms. The van der Waals surface area contributed by atoms with E-state index < -0.39 is 12.4 Å². The summed E-state index contributed by atoms with van der Waals surface area (Å²) >= 11 is 0. The molecule has 2 aliphatic rings. The van der Waals surface area contributed by atoms with E-state index in [1.54, 1.807) is 24.3 Å². The Morgan fingerprint density at radius 3 is 2.45 bits per heavy atom. The van der Waals surface area contributed by atoms with Crippen LogP contribution in [0.3, 0.4) is 0 Å². The third-order valence-corrected chi connectivity index (χ3v) is 4.76. The van der Waals surface area contributed by atoms with Crippen LogP contribution in [0.1, 0.15) is 22.8 Å². The number of fused-ring (bicyclic) bond motifs is 2. The maximum Gasteiger partial charge on any atom is 0.586 e. The van der Waals surface area contributed by atoms with Crippen LogP contribution in [0.5, 0.6) is 17.2 Å². The molecule has 5 nitrogen and oxygen atoms in total. The van der Waals surface area contributed by atoms with Gasteiger partial charge in [0.05, 0.1) is 13.1 Å². The number of hydroxylamine groups is 2. The average molecular weight is 431 g/mol. The highest BCUT2D eigenvalue weighted by Gasteiger charge is 2.45. The van der Waals surface area contributed by atoms with Crippen LogP contribution in [0.4, 0.5) is 13.2 Å². The number of hydrogen-bond donors (Lipinski definition) is 1. The lowest BCUT2D eigenvalue weighted by Gasteiger charge is -2.20. The van der Waals surface area contributed by atoms with Gasteiger partial charge >= 0.3 is 6.29 Å². The van der Waals surface area contributed by atoms with Gasteiger partial charge in [0.25, 0.3) is 0 Å². The van der Waals surface area contributed by atoms with Crippen LogP contribution in [0.2, 0.25) is 0 Å². The number of hydrogen-bond acceptors (Lipinski definition) is 5. The highest BCUT2D eigenvalue weighted by molar-refractivity contribution is 5.50. The monoisotopic (exact) mass is 431 g/mol. The predicted molar refractivity (Wildman–Crippen MR) is 106 cm³/mol. The summed E-state index contributed by atoms with van der Waals surface area (Å²) in [5, 5.41) is 11.1. The molecule has 0 amide bonds. The maximum absolute atomic E-state index is 13.3. The van der Waals surface area contributed by atoms with E-state index in [1.165, 1.54) is 18.2 Å². The van der Waals surface area contributed by atoms with Crippen molar-refractivity contribution >= 4 is 0 Å². The Morgan fingerprint density at radius 2 is 1.71 bits per heavy atom. The molecule has 1 atom stereocenters. The average Bonchev–Trinajstić information content (AvgIpc) is 2.92. The van der Waals surface area contributed by atoms with E-state index >= 15 is 0 Å². The molecule has 0 aromatic heterocycles. The first-order chi connectivity index (χ1) is 14.8. The zero-order chi connectivity index (χ0) is 22.0. The van der Waals surface area contributed by atoms with Gasteiger partial charge in [-0.1, -0.05) is 42.5 Å². The van der Waals surface area contributed by atoms with Crippen LogP contribution in [0.25, 0.3) is 0 Å². The summed E-state index contributed by atoms with van der Waals surface area (Å²) in [5.41, 5.74) is 2.17. The lowest BCUT2D eigenvalue weighted by Crippen LogP contribution is -2.27. The number of aryl methyl sites for hydroxylation is 1. The Labute approximate surface area is 177 Å². The fraction of sp³-hybridized carbons (Fsp3) is 0.217. The first-order valence-corrected chi connectivity index (χ1v) is 9.60. The van der Waals surface area contributed by atoms with Crippen molar-refractivity contribution in [1.82, 2.24) is 5.06 Å². The van der Waals surface area contributed by atoms with E-state index in [9.17, 15) is 18.4 Å². The third-order valence-electron chi connectivity index (χ3n) is 4.76. The van der Waals surface area contributed by atoms with E-state index in [2.05, 4.69) is 9.47 Å². The predicted octanol–water partition coefficient (Wildman–Crippen LogP) is 5.47. The number of nitrogens with zero attached hydrogens (tertiary/aromatic N) is 1. The van der Waals surface area contributed by atoms with Gasteiger partial charge in [-0.3, -0.25) is 0 Å². The fourth-order valence-corrected chi connectivity index (χ4v) is 3.40. The van der Waals surface area contributed by atoms with E-state index in [1.807, 2.05) is 31.2 Å². The SMILES string of the molecule is Cc1cccc(F)c1.ON1Cc2ccccc2OC(c2cccc3c2OC(F)(F)O3)C1. The standard InChI is InChI=1S/C16H13F2NO4.C7H7F/c17-16(18)22-13-7-3-5-11(15(13)23-16)14-9-19(20)8-10-4-1-2-6-12(10)21-14;1-6-3-2-4-7(8)5-6/h1-7,14,20H,8-9H2;2-5H,1H3. The second-order valence-electron chi connectivity index (χ2n) is 7.20. The first kappa shape index (κ1) is 21.0. The highest BCUT2D eigenvalue weighted by atomic mass is 19.3. The third kappa shape index (κ3) is 4.92. The Balaban J connectivity index is 0.000000245. The van der Waals surface area contributed by atoms with Crippen molar-refractivity contribution in [1.29, 1.82) is 0 Å². The van der Waals surface area contributed by atoms with Crippen molar-refractivity contribution in [2.45, 2.75) is 25.9 Å². The van der Waals surface area contributed by atoms with Crippen molar-refractivity contribution < 1.29 is 32.6 Å². The molecular weight excluding hydrogens is 411 g/mol. The van der Waals surface area contributed by atoms with Crippen LogP contribution < -0.4 is 14.2 Å². The van der Waals surface area contributed by atoms with Crippen LogP contribution in [0.15, 0.2) is 66.7 Å². The molecule has 162 valence electrons. The summed E-state index contributed by atoms with van der Waals surface area (Å²) in [5.74, 6) is 0.329. The summed E-state index contributed by atoms with van der Waals surface area (Å²) in [4.78, 5) is 0. The van der Waals surface area contributed by atoms with Crippen molar-refractivity contribution in [2.75, 3.05) is 6.54 Å². The molecule has 1 unspecified atom stereocenters. The van der Waals surface area contributed by atoms with Crippen LogP contribution in [-0.2, 0) is 6.54 Å². The molecule has 0 bridgehead atoms. The van der Waals surface area contributed by atoms with E-state index in [0.717, 1.165) is 16.2 Å². The Hall–Kier alpha value is -3.23. The first-order valence-electron chi connectivity index (χ1n) is 9.60. The quantitative estimate of drug-likeness (QED) is 0.554. The summed E-state index contributed by atoms with van der Waals surface area (Å²) < 4.78 is 53.8.